The molecule has 0 amide bonds. The lowest BCUT2D eigenvalue weighted by Gasteiger charge is -2.19. The predicted octanol–water partition coefficient (Wildman–Crippen LogP) is 1.73. The SMILES string of the molecule is CCN(CC)C(N)=NCc1nc2ccccc2n1C. The summed E-state index contributed by atoms with van der Waals surface area (Å²) in [6.07, 6.45) is 0. The molecule has 5 heteroatoms. The molecule has 0 aliphatic rings. The first kappa shape index (κ1) is 13.4. The first-order valence-corrected chi connectivity index (χ1v) is 6.62. The van der Waals surface area contributed by atoms with E-state index in [9.17, 15) is 0 Å². The Hall–Kier alpha value is -2.04. The van der Waals surface area contributed by atoms with Crippen molar-refractivity contribution < 1.29 is 0 Å². The number of hydrogen-bond acceptors (Lipinski definition) is 2. The monoisotopic (exact) mass is 259 g/mol. The Kier molecular flexibility index (Phi) is 4.04. The van der Waals surface area contributed by atoms with Crippen LogP contribution >= 0.6 is 0 Å². The highest BCUT2D eigenvalue weighted by Gasteiger charge is 2.07. The van der Waals surface area contributed by atoms with Gasteiger partial charge in [-0.05, 0) is 26.0 Å². The second-order valence-corrected chi connectivity index (χ2v) is 4.42. The van der Waals surface area contributed by atoms with Crippen LogP contribution in [0.2, 0.25) is 0 Å². The third-order valence-electron chi connectivity index (χ3n) is 3.35. The van der Waals surface area contributed by atoms with Gasteiger partial charge in [-0.2, -0.15) is 0 Å². The van der Waals surface area contributed by atoms with Crippen LogP contribution in [0, 0.1) is 0 Å². The number of nitrogens with two attached hydrogens (primary N) is 1. The molecule has 0 atom stereocenters. The number of para-hydroxylation sites is 2. The Balaban J connectivity index is 2.22. The van der Waals surface area contributed by atoms with Crippen LogP contribution in [0.4, 0.5) is 0 Å². The third kappa shape index (κ3) is 2.70. The Morgan fingerprint density at radius 2 is 2.00 bits per heavy atom. The zero-order valence-electron chi connectivity index (χ0n) is 11.8. The van der Waals surface area contributed by atoms with Gasteiger partial charge in [0.25, 0.3) is 0 Å². The quantitative estimate of drug-likeness (QED) is 0.672. The summed E-state index contributed by atoms with van der Waals surface area (Å²) in [4.78, 5) is 11.0. The van der Waals surface area contributed by atoms with Crippen LogP contribution in [0.3, 0.4) is 0 Å². The van der Waals surface area contributed by atoms with Gasteiger partial charge < -0.3 is 15.2 Å². The smallest absolute Gasteiger partial charge is 0.191 e. The lowest BCUT2D eigenvalue weighted by atomic mass is 10.3. The maximum absolute atomic E-state index is 5.97. The molecule has 2 N–H and O–H groups in total. The fourth-order valence-electron chi connectivity index (χ4n) is 2.14. The van der Waals surface area contributed by atoms with Gasteiger partial charge in [0.15, 0.2) is 5.96 Å². The highest BCUT2D eigenvalue weighted by atomic mass is 15.2. The van der Waals surface area contributed by atoms with Crippen LogP contribution in [0.5, 0.6) is 0 Å². The van der Waals surface area contributed by atoms with Crippen LogP contribution in [-0.2, 0) is 13.6 Å². The predicted molar refractivity (Wildman–Crippen MR) is 79.0 cm³/mol. The lowest BCUT2D eigenvalue weighted by Crippen LogP contribution is -2.37. The molecular weight excluding hydrogens is 238 g/mol. The van der Waals surface area contributed by atoms with E-state index in [-0.39, 0.29) is 0 Å². The molecule has 0 unspecified atom stereocenters. The topological polar surface area (TPSA) is 59.4 Å². The number of aryl methyl sites for hydroxylation is 1. The molecule has 0 fully saturated rings. The van der Waals surface area contributed by atoms with Gasteiger partial charge in [-0.15, -0.1) is 0 Å². The summed E-state index contributed by atoms with van der Waals surface area (Å²) >= 11 is 0. The summed E-state index contributed by atoms with van der Waals surface area (Å²) in [7, 11) is 2.01. The van der Waals surface area contributed by atoms with E-state index in [1.165, 1.54) is 0 Å². The second-order valence-electron chi connectivity index (χ2n) is 4.42. The van der Waals surface area contributed by atoms with E-state index in [2.05, 4.69) is 34.5 Å². The first-order chi connectivity index (χ1) is 9.17. The van der Waals surface area contributed by atoms with E-state index < -0.39 is 0 Å². The summed E-state index contributed by atoms with van der Waals surface area (Å²) in [6, 6.07) is 8.08. The standard InChI is InChI=1S/C14H21N5/c1-4-19(5-2)14(15)16-10-13-17-11-8-6-7-9-12(11)18(13)3/h6-9H,4-5,10H2,1-3H3,(H2,15,16). The Morgan fingerprint density at radius 1 is 1.32 bits per heavy atom. The fraction of sp³-hybridized carbons (Fsp3) is 0.429. The number of hydrogen-bond donors (Lipinski definition) is 1. The fourth-order valence-corrected chi connectivity index (χ4v) is 2.14. The molecule has 19 heavy (non-hydrogen) atoms. The molecule has 2 aromatic rings. The number of guanidine groups is 1. The van der Waals surface area contributed by atoms with Gasteiger partial charge in [0.1, 0.15) is 12.4 Å². The van der Waals surface area contributed by atoms with Gasteiger partial charge in [-0.25, -0.2) is 9.98 Å². The molecule has 0 spiro atoms. The highest BCUT2D eigenvalue weighted by molar-refractivity contribution is 5.78. The Bertz CT molecular complexity index is 581. The molecule has 1 aromatic carbocycles. The zero-order valence-corrected chi connectivity index (χ0v) is 11.8. The van der Waals surface area contributed by atoms with E-state index in [1.807, 2.05) is 30.1 Å². The first-order valence-electron chi connectivity index (χ1n) is 6.62. The maximum Gasteiger partial charge on any atom is 0.191 e. The van der Waals surface area contributed by atoms with E-state index in [1.54, 1.807) is 0 Å². The van der Waals surface area contributed by atoms with Crippen molar-refractivity contribution in [1.82, 2.24) is 14.5 Å². The molecular formula is C14H21N5. The number of nitrogens with zero attached hydrogens (tertiary/aromatic N) is 4. The summed E-state index contributed by atoms with van der Waals surface area (Å²) in [6.45, 7) is 6.39. The summed E-state index contributed by atoms with van der Waals surface area (Å²) < 4.78 is 2.06. The number of benzene rings is 1. The number of imidazole rings is 1. The average Bonchev–Trinajstić information content (AvgIpc) is 2.75. The summed E-state index contributed by atoms with van der Waals surface area (Å²) in [5, 5.41) is 0. The van der Waals surface area contributed by atoms with Gasteiger partial charge in [-0.1, -0.05) is 12.1 Å². The number of rotatable bonds is 4. The minimum Gasteiger partial charge on any atom is -0.370 e. The molecule has 0 aliphatic heterocycles. The van der Waals surface area contributed by atoms with Crippen LogP contribution in [0.15, 0.2) is 29.3 Å². The van der Waals surface area contributed by atoms with Gasteiger partial charge in [0, 0.05) is 20.1 Å². The summed E-state index contributed by atoms with van der Waals surface area (Å²) in [5.41, 5.74) is 8.09. The third-order valence-corrected chi connectivity index (χ3v) is 3.35. The van der Waals surface area contributed by atoms with Crippen LogP contribution in [0.1, 0.15) is 19.7 Å². The van der Waals surface area contributed by atoms with E-state index in [0.717, 1.165) is 29.9 Å². The molecule has 1 heterocycles. The molecule has 102 valence electrons. The van der Waals surface area contributed by atoms with Crippen molar-refractivity contribution in [3.8, 4) is 0 Å². The molecule has 0 saturated heterocycles. The van der Waals surface area contributed by atoms with Crippen molar-refractivity contribution in [2.45, 2.75) is 20.4 Å². The molecule has 0 radical (unpaired) electrons. The Labute approximate surface area is 113 Å². The minimum atomic E-state index is 0.507. The second kappa shape index (κ2) is 5.73. The van der Waals surface area contributed by atoms with Gasteiger partial charge in [0.05, 0.1) is 11.0 Å². The Morgan fingerprint density at radius 3 is 2.63 bits per heavy atom. The zero-order chi connectivity index (χ0) is 13.8. The van der Waals surface area contributed by atoms with Crippen LogP contribution in [-0.4, -0.2) is 33.5 Å². The van der Waals surface area contributed by atoms with E-state index in [4.69, 9.17) is 5.73 Å². The number of aromatic nitrogens is 2. The maximum atomic E-state index is 5.97. The molecule has 0 bridgehead atoms. The summed E-state index contributed by atoms with van der Waals surface area (Å²) in [5.74, 6) is 1.51. The van der Waals surface area contributed by atoms with Crippen molar-refractivity contribution in [3.05, 3.63) is 30.1 Å². The normalized spacial score (nSPS) is 12.1. The minimum absolute atomic E-state index is 0.507. The van der Waals surface area contributed by atoms with E-state index >= 15 is 0 Å². The van der Waals surface area contributed by atoms with E-state index in [0.29, 0.717) is 12.5 Å². The highest BCUT2D eigenvalue weighted by Crippen LogP contribution is 2.14. The molecule has 1 aromatic heterocycles. The van der Waals surface area contributed by atoms with Crippen molar-refractivity contribution in [2.24, 2.45) is 17.8 Å². The van der Waals surface area contributed by atoms with Crippen molar-refractivity contribution in [3.63, 3.8) is 0 Å². The average molecular weight is 259 g/mol. The van der Waals surface area contributed by atoms with Gasteiger partial charge >= 0.3 is 0 Å². The van der Waals surface area contributed by atoms with Gasteiger partial charge in [-0.3, -0.25) is 0 Å². The van der Waals surface area contributed by atoms with Crippen LogP contribution < -0.4 is 5.73 Å². The number of fused-ring (bicyclic) bond motifs is 1. The molecule has 0 aliphatic carbocycles. The molecule has 0 saturated carbocycles. The number of aliphatic imine (C=N–C) groups is 1. The van der Waals surface area contributed by atoms with Crippen molar-refractivity contribution in [2.75, 3.05) is 13.1 Å². The van der Waals surface area contributed by atoms with Crippen molar-refractivity contribution in [1.29, 1.82) is 0 Å². The van der Waals surface area contributed by atoms with Gasteiger partial charge in [0.2, 0.25) is 0 Å². The van der Waals surface area contributed by atoms with Crippen LogP contribution in [0.25, 0.3) is 11.0 Å². The van der Waals surface area contributed by atoms with Crippen molar-refractivity contribution >= 4 is 17.0 Å². The molecule has 2 rings (SSSR count). The largest absolute Gasteiger partial charge is 0.370 e. The molecule has 5 nitrogen and oxygen atoms in total. The lowest BCUT2D eigenvalue weighted by molar-refractivity contribution is 0.457.